The molecule has 2 saturated heterocycles. The summed E-state index contributed by atoms with van der Waals surface area (Å²) in [6.45, 7) is 4.83. The molecule has 2 bridgehead atoms. The Labute approximate surface area is 123 Å². The number of hydrogen-bond donors (Lipinski definition) is 0. The van der Waals surface area contributed by atoms with Crippen LogP contribution in [0.5, 0.6) is 0 Å². The zero-order valence-electron chi connectivity index (χ0n) is 9.38. The Morgan fingerprint density at radius 3 is 2.76 bits per heavy atom. The molecule has 0 spiro atoms. The molecule has 1 aromatic rings. The highest BCUT2D eigenvalue weighted by atomic mass is 79.9. The summed E-state index contributed by atoms with van der Waals surface area (Å²) in [5.74, 6) is 0. The average Bonchev–Trinajstić information content (AvgIpc) is 2.61. The minimum Gasteiger partial charge on any atom is -0.365 e. The summed E-state index contributed by atoms with van der Waals surface area (Å²) >= 11 is 3.48. The van der Waals surface area contributed by atoms with Crippen LogP contribution in [0.1, 0.15) is 6.42 Å². The van der Waals surface area contributed by atoms with Crippen molar-refractivity contribution in [1.29, 1.82) is 0 Å². The number of rotatable bonds is 1. The molecule has 0 N–H and O–H groups in total. The number of aromatic nitrogens is 1. The van der Waals surface area contributed by atoms with E-state index in [0.29, 0.717) is 6.04 Å². The Balaban J connectivity index is 0.000000722. The molecule has 2 aliphatic rings. The molecule has 6 heteroatoms. The van der Waals surface area contributed by atoms with Gasteiger partial charge in [0.1, 0.15) is 0 Å². The van der Waals surface area contributed by atoms with Crippen LogP contribution in [0.25, 0.3) is 0 Å². The summed E-state index contributed by atoms with van der Waals surface area (Å²) in [4.78, 5) is 9.29. The molecular weight excluding hydrogens is 325 g/mol. The van der Waals surface area contributed by atoms with Crippen LogP contribution >= 0.6 is 40.7 Å². The summed E-state index contributed by atoms with van der Waals surface area (Å²) < 4.78 is 1.07. The number of fused-ring (bicyclic) bond motifs is 2. The number of anilines is 1. The fourth-order valence-corrected chi connectivity index (χ4v) is 2.95. The summed E-state index contributed by atoms with van der Waals surface area (Å²) in [6, 6.07) is 2.87. The zero-order chi connectivity index (χ0) is 10.3. The fourth-order valence-electron chi connectivity index (χ4n) is 2.60. The van der Waals surface area contributed by atoms with Gasteiger partial charge in [0, 0.05) is 42.9 Å². The second-order valence-electron chi connectivity index (χ2n) is 4.30. The van der Waals surface area contributed by atoms with Gasteiger partial charge in [0.15, 0.2) is 0 Å². The highest BCUT2D eigenvalue weighted by molar-refractivity contribution is 9.10. The topological polar surface area (TPSA) is 19.4 Å². The van der Waals surface area contributed by atoms with Crippen molar-refractivity contribution in [1.82, 2.24) is 9.88 Å². The first-order valence-corrected chi connectivity index (χ1v) is 6.22. The maximum Gasteiger partial charge on any atom is 0.0567 e. The first-order valence-electron chi connectivity index (χ1n) is 5.42. The van der Waals surface area contributed by atoms with E-state index in [4.69, 9.17) is 0 Å². The molecule has 3 rings (SSSR count). The second-order valence-corrected chi connectivity index (χ2v) is 5.21. The third-order valence-corrected chi connectivity index (χ3v) is 3.80. The van der Waals surface area contributed by atoms with E-state index in [0.717, 1.165) is 11.0 Å². The maximum absolute atomic E-state index is 4.24. The molecule has 1 aromatic heterocycles. The van der Waals surface area contributed by atoms with Crippen molar-refractivity contribution in [3.05, 3.63) is 22.9 Å². The van der Waals surface area contributed by atoms with Gasteiger partial charge in [-0.3, -0.25) is 9.88 Å². The quantitative estimate of drug-likeness (QED) is 0.783. The summed E-state index contributed by atoms with van der Waals surface area (Å²) in [5.41, 5.74) is 1.26. The Kier molecular flexibility index (Phi) is 5.51. The van der Waals surface area contributed by atoms with Gasteiger partial charge in [-0.1, -0.05) is 0 Å². The molecule has 0 aromatic carbocycles. The van der Waals surface area contributed by atoms with E-state index in [1.807, 2.05) is 12.4 Å². The maximum atomic E-state index is 4.24. The Bertz CT molecular complexity index is 377. The molecule has 0 radical (unpaired) electrons. The van der Waals surface area contributed by atoms with Crippen molar-refractivity contribution in [2.75, 3.05) is 31.1 Å². The van der Waals surface area contributed by atoms with E-state index in [2.05, 4.69) is 36.8 Å². The van der Waals surface area contributed by atoms with E-state index >= 15 is 0 Å². The average molecular weight is 341 g/mol. The first-order chi connectivity index (χ1) is 7.33. The van der Waals surface area contributed by atoms with Crippen LogP contribution in [0, 0.1) is 0 Å². The number of halogens is 3. The van der Waals surface area contributed by atoms with Crippen molar-refractivity contribution < 1.29 is 0 Å². The van der Waals surface area contributed by atoms with Crippen LogP contribution in [0.3, 0.4) is 0 Å². The highest BCUT2D eigenvalue weighted by Crippen LogP contribution is 2.27. The van der Waals surface area contributed by atoms with Gasteiger partial charge in [-0.2, -0.15) is 0 Å². The van der Waals surface area contributed by atoms with Crippen molar-refractivity contribution in [2.24, 2.45) is 0 Å². The van der Waals surface area contributed by atoms with Crippen LogP contribution in [0.4, 0.5) is 5.69 Å². The number of nitrogens with zero attached hydrogens (tertiary/aromatic N) is 3. The zero-order valence-corrected chi connectivity index (χ0v) is 12.6. The van der Waals surface area contributed by atoms with Gasteiger partial charge in [0.2, 0.25) is 0 Å². The van der Waals surface area contributed by atoms with Gasteiger partial charge in [-0.05, 0) is 28.4 Å². The minimum absolute atomic E-state index is 0. The molecule has 0 amide bonds. The monoisotopic (exact) mass is 339 g/mol. The van der Waals surface area contributed by atoms with Crippen molar-refractivity contribution in [2.45, 2.75) is 12.5 Å². The number of piperazine rings is 1. The standard InChI is InChI=1S/C11H14BrN3.2ClH/c12-9-5-11(7-13-6-9)15-4-3-14-2-1-10(15)8-14;;/h5-7,10H,1-4,8H2;2*1H. The van der Waals surface area contributed by atoms with Crippen LogP contribution in [0.15, 0.2) is 22.9 Å². The highest BCUT2D eigenvalue weighted by Gasteiger charge is 2.32. The van der Waals surface area contributed by atoms with Gasteiger partial charge in [0.05, 0.1) is 11.9 Å². The lowest BCUT2D eigenvalue weighted by Crippen LogP contribution is -2.46. The third-order valence-electron chi connectivity index (χ3n) is 3.37. The predicted molar refractivity (Wildman–Crippen MR) is 78.6 cm³/mol. The smallest absolute Gasteiger partial charge is 0.0567 e. The third kappa shape index (κ3) is 3.05. The normalized spacial score (nSPS) is 26.1. The number of hydrogen-bond acceptors (Lipinski definition) is 3. The molecule has 0 aliphatic carbocycles. The summed E-state index contributed by atoms with van der Waals surface area (Å²) in [6.07, 6.45) is 5.11. The molecule has 2 atom stereocenters. The van der Waals surface area contributed by atoms with E-state index in [9.17, 15) is 0 Å². The predicted octanol–water partition coefficient (Wildman–Crippen LogP) is 2.58. The van der Waals surface area contributed by atoms with Gasteiger partial charge in [-0.15, -0.1) is 24.8 Å². The first kappa shape index (κ1) is 15.0. The lowest BCUT2D eigenvalue weighted by Gasteiger charge is -2.35. The molecule has 3 heterocycles. The minimum atomic E-state index is 0. The molecule has 96 valence electrons. The largest absolute Gasteiger partial charge is 0.365 e. The molecule has 0 saturated carbocycles. The van der Waals surface area contributed by atoms with Crippen LogP contribution in [-0.4, -0.2) is 42.1 Å². The van der Waals surface area contributed by atoms with E-state index in [1.165, 1.54) is 31.7 Å². The molecule has 2 aliphatic heterocycles. The molecular formula is C11H16BrCl2N3. The van der Waals surface area contributed by atoms with Crippen LogP contribution < -0.4 is 4.90 Å². The van der Waals surface area contributed by atoms with Gasteiger partial charge >= 0.3 is 0 Å². The van der Waals surface area contributed by atoms with Crippen molar-refractivity contribution in [3.63, 3.8) is 0 Å². The molecule has 2 fully saturated rings. The van der Waals surface area contributed by atoms with Gasteiger partial charge in [0.25, 0.3) is 0 Å². The van der Waals surface area contributed by atoms with Gasteiger partial charge < -0.3 is 4.90 Å². The molecule has 3 nitrogen and oxygen atoms in total. The van der Waals surface area contributed by atoms with E-state index in [1.54, 1.807) is 0 Å². The van der Waals surface area contributed by atoms with Crippen LogP contribution in [0.2, 0.25) is 0 Å². The fraction of sp³-hybridized carbons (Fsp3) is 0.545. The molecule has 17 heavy (non-hydrogen) atoms. The Hall–Kier alpha value is -0.0300. The SMILES string of the molecule is Brc1cncc(N2CCN3CCC2C3)c1.Cl.Cl. The summed E-state index contributed by atoms with van der Waals surface area (Å²) in [7, 11) is 0. The second kappa shape index (κ2) is 6.23. The van der Waals surface area contributed by atoms with E-state index in [-0.39, 0.29) is 24.8 Å². The molecule has 2 unspecified atom stereocenters. The number of pyridine rings is 1. The Morgan fingerprint density at radius 1 is 1.18 bits per heavy atom. The lowest BCUT2D eigenvalue weighted by molar-refractivity contribution is 0.310. The van der Waals surface area contributed by atoms with Crippen LogP contribution in [-0.2, 0) is 0 Å². The van der Waals surface area contributed by atoms with Crippen molar-refractivity contribution >= 4 is 46.4 Å². The Morgan fingerprint density at radius 2 is 2.00 bits per heavy atom. The van der Waals surface area contributed by atoms with Gasteiger partial charge in [-0.25, -0.2) is 0 Å². The van der Waals surface area contributed by atoms with E-state index < -0.39 is 0 Å². The lowest BCUT2D eigenvalue weighted by atomic mass is 10.2. The summed E-state index contributed by atoms with van der Waals surface area (Å²) in [5, 5.41) is 0. The van der Waals surface area contributed by atoms with Crippen molar-refractivity contribution in [3.8, 4) is 0 Å².